The summed E-state index contributed by atoms with van der Waals surface area (Å²) in [7, 11) is 3.29. The summed E-state index contributed by atoms with van der Waals surface area (Å²) in [4.78, 5) is 15.0. The van der Waals surface area contributed by atoms with Crippen LogP contribution < -0.4 is 10.5 Å². The highest BCUT2D eigenvalue weighted by Crippen LogP contribution is 2.19. The number of nitrogens with two attached hydrogens (primary N) is 1. The van der Waals surface area contributed by atoms with Crippen molar-refractivity contribution in [2.75, 3.05) is 46.9 Å². The SMILES string of the molecule is COc1ccc(CN2CCO[C@H](CN(C)CC(N)=O)C2)cc1F. The first-order valence-corrected chi connectivity index (χ1v) is 7.61. The van der Waals surface area contributed by atoms with E-state index in [0.717, 1.165) is 18.7 Å². The molecule has 1 aliphatic rings. The maximum absolute atomic E-state index is 13.8. The van der Waals surface area contributed by atoms with Gasteiger partial charge in [-0.2, -0.15) is 0 Å². The van der Waals surface area contributed by atoms with Crippen LogP contribution in [0.2, 0.25) is 0 Å². The molecule has 0 unspecified atom stereocenters. The molecule has 6 nitrogen and oxygen atoms in total. The van der Waals surface area contributed by atoms with Crippen LogP contribution in [0.4, 0.5) is 4.39 Å². The van der Waals surface area contributed by atoms with E-state index in [1.54, 1.807) is 6.07 Å². The van der Waals surface area contributed by atoms with Crippen LogP contribution in [0.25, 0.3) is 0 Å². The highest BCUT2D eigenvalue weighted by atomic mass is 19.1. The van der Waals surface area contributed by atoms with Crippen molar-refractivity contribution in [3.63, 3.8) is 0 Å². The van der Waals surface area contributed by atoms with Crippen LogP contribution in [0.15, 0.2) is 18.2 Å². The number of primary amides is 1. The molecular weight excluding hydrogens is 301 g/mol. The number of morpholine rings is 1. The van der Waals surface area contributed by atoms with Gasteiger partial charge >= 0.3 is 0 Å². The first kappa shape index (κ1) is 17.7. The predicted molar refractivity (Wildman–Crippen MR) is 84.7 cm³/mol. The van der Waals surface area contributed by atoms with E-state index in [2.05, 4.69) is 4.90 Å². The van der Waals surface area contributed by atoms with Gasteiger partial charge < -0.3 is 15.2 Å². The summed E-state index contributed by atoms with van der Waals surface area (Å²) in [5, 5.41) is 0. The van der Waals surface area contributed by atoms with Crippen molar-refractivity contribution in [3.05, 3.63) is 29.6 Å². The Hall–Kier alpha value is -1.70. The number of benzene rings is 1. The minimum atomic E-state index is -0.353. The molecule has 0 radical (unpaired) electrons. The van der Waals surface area contributed by atoms with Gasteiger partial charge in [-0.3, -0.25) is 14.6 Å². The number of methoxy groups -OCH3 is 1. The molecule has 1 aromatic carbocycles. The molecule has 0 aromatic heterocycles. The zero-order valence-electron chi connectivity index (χ0n) is 13.6. The molecule has 7 heteroatoms. The molecule has 128 valence electrons. The van der Waals surface area contributed by atoms with E-state index in [0.29, 0.717) is 19.7 Å². The Morgan fingerprint density at radius 3 is 3.00 bits per heavy atom. The van der Waals surface area contributed by atoms with E-state index in [-0.39, 0.29) is 30.1 Å². The Morgan fingerprint density at radius 2 is 2.35 bits per heavy atom. The fraction of sp³-hybridized carbons (Fsp3) is 0.562. The molecule has 1 atom stereocenters. The van der Waals surface area contributed by atoms with Crippen LogP contribution in [-0.2, 0) is 16.1 Å². The summed E-state index contributed by atoms with van der Waals surface area (Å²) in [5.41, 5.74) is 6.09. The quantitative estimate of drug-likeness (QED) is 0.788. The fourth-order valence-corrected chi connectivity index (χ4v) is 2.78. The number of halogens is 1. The second-order valence-electron chi connectivity index (χ2n) is 5.86. The number of rotatable bonds is 7. The van der Waals surface area contributed by atoms with Gasteiger partial charge in [0.1, 0.15) is 0 Å². The fourth-order valence-electron chi connectivity index (χ4n) is 2.78. The molecule has 1 heterocycles. The van der Waals surface area contributed by atoms with Gasteiger partial charge in [0.25, 0.3) is 0 Å². The van der Waals surface area contributed by atoms with Gasteiger partial charge in [0.15, 0.2) is 11.6 Å². The third-order valence-electron chi connectivity index (χ3n) is 3.79. The van der Waals surface area contributed by atoms with Gasteiger partial charge in [0.05, 0.1) is 26.4 Å². The number of nitrogens with zero attached hydrogens (tertiary/aromatic N) is 2. The molecule has 0 aliphatic carbocycles. The van der Waals surface area contributed by atoms with Crippen LogP contribution in [0.3, 0.4) is 0 Å². The van der Waals surface area contributed by atoms with Gasteiger partial charge in [0.2, 0.25) is 5.91 Å². The summed E-state index contributed by atoms with van der Waals surface area (Å²) >= 11 is 0. The molecule has 0 spiro atoms. The Morgan fingerprint density at radius 1 is 1.57 bits per heavy atom. The number of likely N-dealkylation sites (N-methyl/N-ethyl adjacent to an activating group) is 1. The summed E-state index contributed by atoms with van der Waals surface area (Å²) < 4.78 is 24.4. The minimum Gasteiger partial charge on any atom is -0.494 e. The van der Waals surface area contributed by atoms with Gasteiger partial charge in [-0.05, 0) is 24.7 Å². The van der Waals surface area contributed by atoms with E-state index < -0.39 is 0 Å². The van der Waals surface area contributed by atoms with Gasteiger partial charge in [-0.1, -0.05) is 6.07 Å². The zero-order chi connectivity index (χ0) is 16.8. The van der Waals surface area contributed by atoms with E-state index in [1.165, 1.54) is 13.2 Å². The molecule has 1 aromatic rings. The number of amides is 1. The lowest BCUT2D eigenvalue weighted by Gasteiger charge is -2.34. The van der Waals surface area contributed by atoms with Gasteiger partial charge in [-0.15, -0.1) is 0 Å². The van der Waals surface area contributed by atoms with Crippen LogP contribution in [0, 0.1) is 5.82 Å². The molecule has 1 amide bonds. The van der Waals surface area contributed by atoms with Crippen molar-refractivity contribution >= 4 is 5.91 Å². The molecule has 1 saturated heterocycles. The molecule has 1 aliphatic heterocycles. The van der Waals surface area contributed by atoms with Crippen LogP contribution in [0.1, 0.15) is 5.56 Å². The maximum atomic E-state index is 13.8. The van der Waals surface area contributed by atoms with Crippen LogP contribution >= 0.6 is 0 Å². The molecule has 1 fully saturated rings. The summed E-state index contributed by atoms with van der Waals surface area (Å²) in [5.74, 6) is -0.452. The third-order valence-corrected chi connectivity index (χ3v) is 3.79. The summed E-state index contributed by atoms with van der Waals surface area (Å²) in [6.07, 6.45) is 0.0104. The van der Waals surface area contributed by atoms with Crippen molar-refractivity contribution in [2.45, 2.75) is 12.6 Å². The number of ether oxygens (including phenoxy) is 2. The molecule has 2 N–H and O–H groups in total. The second kappa shape index (κ2) is 8.24. The average Bonchev–Trinajstić information content (AvgIpc) is 2.47. The van der Waals surface area contributed by atoms with Gasteiger partial charge in [0, 0.05) is 26.2 Å². The maximum Gasteiger partial charge on any atom is 0.231 e. The molecular formula is C16H24FN3O3. The number of carbonyl (C=O) groups is 1. The Labute approximate surface area is 135 Å². The molecule has 0 saturated carbocycles. The first-order chi connectivity index (χ1) is 11.0. The van der Waals surface area contributed by atoms with E-state index >= 15 is 0 Å². The molecule has 0 bridgehead atoms. The Balaban J connectivity index is 1.88. The van der Waals surface area contributed by atoms with Crippen molar-refractivity contribution < 1.29 is 18.7 Å². The smallest absolute Gasteiger partial charge is 0.231 e. The lowest BCUT2D eigenvalue weighted by molar-refractivity contribution is -0.119. The topological polar surface area (TPSA) is 68.0 Å². The molecule has 2 rings (SSSR count). The zero-order valence-corrected chi connectivity index (χ0v) is 13.6. The predicted octanol–water partition coefficient (Wildman–Crippen LogP) is 0.452. The standard InChI is InChI=1S/C16H24FN3O3/c1-19(11-16(18)21)9-13-10-20(5-6-23-13)8-12-3-4-15(22-2)14(17)7-12/h3-4,7,13H,5-6,8-11H2,1-2H3,(H2,18,21)/t13-/m1/s1. The Kier molecular flexibility index (Phi) is 6.32. The summed E-state index contributed by atoms with van der Waals surface area (Å²) in [6, 6.07) is 5.01. The second-order valence-corrected chi connectivity index (χ2v) is 5.86. The van der Waals surface area contributed by atoms with Crippen molar-refractivity contribution in [1.29, 1.82) is 0 Å². The van der Waals surface area contributed by atoms with E-state index in [1.807, 2.05) is 18.0 Å². The number of carbonyl (C=O) groups excluding carboxylic acids is 1. The first-order valence-electron chi connectivity index (χ1n) is 7.61. The lowest BCUT2D eigenvalue weighted by atomic mass is 10.1. The minimum absolute atomic E-state index is 0.0104. The Bertz CT molecular complexity index is 541. The van der Waals surface area contributed by atoms with E-state index in [4.69, 9.17) is 15.2 Å². The van der Waals surface area contributed by atoms with Gasteiger partial charge in [-0.25, -0.2) is 4.39 Å². The third kappa shape index (κ3) is 5.46. The summed E-state index contributed by atoms with van der Waals surface area (Å²) in [6.45, 7) is 3.65. The van der Waals surface area contributed by atoms with Crippen molar-refractivity contribution in [3.8, 4) is 5.75 Å². The van der Waals surface area contributed by atoms with Crippen molar-refractivity contribution in [2.24, 2.45) is 5.73 Å². The lowest BCUT2D eigenvalue weighted by Crippen LogP contribution is -2.47. The van der Waals surface area contributed by atoms with Crippen molar-refractivity contribution in [1.82, 2.24) is 9.80 Å². The van der Waals surface area contributed by atoms with Crippen LogP contribution in [-0.4, -0.2) is 68.8 Å². The molecule has 23 heavy (non-hydrogen) atoms. The average molecular weight is 325 g/mol. The largest absolute Gasteiger partial charge is 0.494 e. The number of hydrogen-bond donors (Lipinski definition) is 1. The normalized spacial score (nSPS) is 19.0. The highest BCUT2D eigenvalue weighted by Gasteiger charge is 2.22. The highest BCUT2D eigenvalue weighted by molar-refractivity contribution is 5.75. The van der Waals surface area contributed by atoms with E-state index in [9.17, 15) is 9.18 Å². The number of hydrogen-bond acceptors (Lipinski definition) is 5. The van der Waals surface area contributed by atoms with Crippen LogP contribution in [0.5, 0.6) is 5.75 Å². The monoisotopic (exact) mass is 325 g/mol.